The summed E-state index contributed by atoms with van der Waals surface area (Å²) < 4.78 is 1.54. The highest BCUT2D eigenvalue weighted by atomic mass is 16.3. The number of aliphatic hydroxyl groups is 1. The Labute approximate surface area is 94.6 Å². The van der Waals surface area contributed by atoms with E-state index in [4.69, 9.17) is 5.11 Å². The molecule has 0 spiro atoms. The molecule has 0 aliphatic rings. The number of benzene rings is 1. The van der Waals surface area contributed by atoms with E-state index in [1.54, 1.807) is 16.8 Å². The van der Waals surface area contributed by atoms with Crippen LogP contribution >= 0.6 is 0 Å². The molecule has 3 nitrogen and oxygen atoms in total. The summed E-state index contributed by atoms with van der Waals surface area (Å²) >= 11 is 0. The van der Waals surface area contributed by atoms with Gasteiger partial charge in [0, 0.05) is 18.0 Å². The Morgan fingerprint density at radius 3 is 2.38 bits per heavy atom. The third-order valence-electron chi connectivity index (χ3n) is 2.20. The number of rotatable bonds is 2. The standard InChI is InChI=1S/C12H11NO2.CH4/c14-9-10-6-7-13(12(15)8-10)11-4-2-1-3-5-11;/h1-8,14H,9H2;1H4. The van der Waals surface area contributed by atoms with Gasteiger partial charge in [-0.05, 0) is 23.8 Å². The van der Waals surface area contributed by atoms with Crippen molar-refractivity contribution in [3.05, 3.63) is 64.6 Å². The Morgan fingerprint density at radius 1 is 1.12 bits per heavy atom. The molecule has 2 rings (SSSR count). The van der Waals surface area contributed by atoms with Gasteiger partial charge >= 0.3 is 0 Å². The number of aromatic nitrogens is 1. The van der Waals surface area contributed by atoms with E-state index < -0.39 is 0 Å². The van der Waals surface area contributed by atoms with Crippen LogP contribution in [0.25, 0.3) is 5.69 Å². The third-order valence-corrected chi connectivity index (χ3v) is 2.20. The van der Waals surface area contributed by atoms with Gasteiger partial charge in [0.15, 0.2) is 0 Å². The topological polar surface area (TPSA) is 42.2 Å². The monoisotopic (exact) mass is 217 g/mol. The van der Waals surface area contributed by atoms with Crippen LogP contribution in [-0.4, -0.2) is 9.67 Å². The molecule has 84 valence electrons. The maximum Gasteiger partial charge on any atom is 0.255 e. The van der Waals surface area contributed by atoms with E-state index in [-0.39, 0.29) is 19.6 Å². The van der Waals surface area contributed by atoms with Gasteiger partial charge in [-0.2, -0.15) is 0 Å². The van der Waals surface area contributed by atoms with Gasteiger partial charge < -0.3 is 5.11 Å². The van der Waals surface area contributed by atoms with Crippen molar-refractivity contribution in [2.24, 2.45) is 0 Å². The lowest BCUT2D eigenvalue weighted by Crippen LogP contribution is -2.17. The molecular formula is C13H15NO2. The molecule has 3 heteroatoms. The van der Waals surface area contributed by atoms with E-state index in [9.17, 15) is 4.79 Å². The van der Waals surface area contributed by atoms with E-state index in [0.29, 0.717) is 5.56 Å². The Kier molecular flexibility index (Phi) is 4.03. The normalized spacial score (nSPS) is 9.56. The van der Waals surface area contributed by atoms with Crippen molar-refractivity contribution in [3.63, 3.8) is 0 Å². The minimum absolute atomic E-state index is 0. The van der Waals surface area contributed by atoms with Crippen molar-refractivity contribution in [2.45, 2.75) is 14.0 Å². The van der Waals surface area contributed by atoms with Gasteiger partial charge in [0.2, 0.25) is 0 Å². The zero-order valence-electron chi connectivity index (χ0n) is 8.13. The SMILES string of the molecule is C.O=c1cc(CO)ccn1-c1ccccc1. The highest BCUT2D eigenvalue weighted by Crippen LogP contribution is 2.04. The fourth-order valence-electron chi connectivity index (χ4n) is 1.42. The largest absolute Gasteiger partial charge is 0.392 e. The number of aliphatic hydroxyl groups excluding tert-OH is 1. The van der Waals surface area contributed by atoms with Crippen molar-refractivity contribution in [2.75, 3.05) is 0 Å². The van der Waals surface area contributed by atoms with E-state index >= 15 is 0 Å². The molecular weight excluding hydrogens is 202 g/mol. The fraction of sp³-hybridized carbons (Fsp3) is 0.154. The summed E-state index contributed by atoms with van der Waals surface area (Å²) in [6, 6.07) is 12.5. The maximum atomic E-state index is 11.7. The molecule has 0 radical (unpaired) electrons. The minimum Gasteiger partial charge on any atom is -0.392 e. The van der Waals surface area contributed by atoms with Gasteiger partial charge in [-0.25, -0.2) is 0 Å². The molecule has 0 saturated carbocycles. The molecule has 0 saturated heterocycles. The second kappa shape index (κ2) is 5.28. The van der Waals surface area contributed by atoms with Crippen LogP contribution in [0.3, 0.4) is 0 Å². The van der Waals surface area contributed by atoms with Crippen molar-refractivity contribution in [3.8, 4) is 5.69 Å². The molecule has 1 heterocycles. The minimum atomic E-state index is -0.132. The maximum absolute atomic E-state index is 11.7. The van der Waals surface area contributed by atoms with E-state index in [1.165, 1.54) is 6.07 Å². The number of para-hydroxylation sites is 1. The summed E-state index contributed by atoms with van der Waals surface area (Å²) in [5, 5.41) is 8.88. The van der Waals surface area contributed by atoms with Crippen molar-refractivity contribution < 1.29 is 5.11 Å². The molecule has 0 aliphatic carbocycles. The van der Waals surface area contributed by atoms with Gasteiger partial charge in [-0.15, -0.1) is 0 Å². The van der Waals surface area contributed by atoms with E-state index in [0.717, 1.165) is 5.69 Å². The Bertz CT molecular complexity index is 503. The fourth-order valence-corrected chi connectivity index (χ4v) is 1.42. The summed E-state index contributed by atoms with van der Waals surface area (Å²) in [4.78, 5) is 11.7. The summed E-state index contributed by atoms with van der Waals surface area (Å²) in [5.74, 6) is 0. The number of nitrogens with zero attached hydrogens (tertiary/aromatic N) is 1. The van der Waals surface area contributed by atoms with Crippen LogP contribution in [0.2, 0.25) is 0 Å². The Hall–Kier alpha value is -1.87. The average molecular weight is 217 g/mol. The second-order valence-electron chi connectivity index (χ2n) is 3.24. The first-order valence-electron chi connectivity index (χ1n) is 4.69. The second-order valence-corrected chi connectivity index (χ2v) is 3.24. The lowest BCUT2D eigenvalue weighted by molar-refractivity contribution is 0.281. The molecule has 2 aromatic rings. The molecule has 1 N–H and O–H groups in total. The van der Waals surface area contributed by atoms with E-state index in [2.05, 4.69) is 0 Å². The van der Waals surface area contributed by atoms with Gasteiger partial charge in [-0.1, -0.05) is 25.6 Å². The van der Waals surface area contributed by atoms with Crippen LogP contribution < -0.4 is 5.56 Å². The molecule has 0 aliphatic heterocycles. The first-order chi connectivity index (χ1) is 7.31. The third kappa shape index (κ3) is 2.38. The van der Waals surface area contributed by atoms with Crippen molar-refractivity contribution >= 4 is 0 Å². The van der Waals surface area contributed by atoms with Gasteiger partial charge in [0.1, 0.15) is 0 Å². The summed E-state index contributed by atoms with van der Waals surface area (Å²) in [6.45, 7) is -0.106. The molecule has 16 heavy (non-hydrogen) atoms. The lowest BCUT2D eigenvalue weighted by Gasteiger charge is -2.05. The molecule has 0 bridgehead atoms. The first-order valence-corrected chi connectivity index (χ1v) is 4.69. The van der Waals surface area contributed by atoms with Crippen LogP contribution in [0, 0.1) is 0 Å². The van der Waals surface area contributed by atoms with Crippen LogP contribution in [0.5, 0.6) is 0 Å². The van der Waals surface area contributed by atoms with Gasteiger partial charge in [0.25, 0.3) is 5.56 Å². The zero-order valence-corrected chi connectivity index (χ0v) is 8.13. The Balaban J connectivity index is 0.00000128. The number of hydrogen-bond acceptors (Lipinski definition) is 2. The van der Waals surface area contributed by atoms with Gasteiger partial charge in [-0.3, -0.25) is 9.36 Å². The predicted molar refractivity (Wildman–Crippen MR) is 64.7 cm³/mol. The van der Waals surface area contributed by atoms with Crippen molar-refractivity contribution in [1.29, 1.82) is 0 Å². The molecule has 0 atom stereocenters. The molecule has 1 aromatic heterocycles. The highest BCUT2D eigenvalue weighted by Gasteiger charge is 1.99. The quantitative estimate of drug-likeness (QED) is 0.835. The van der Waals surface area contributed by atoms with Crippen LogP contribution in [0.1, 0.15) is 13.0 Å². The summed E-state index contributed by atoms with van der Waals surface area (Å²) in [5.41, 5.74) is 1.33. The Morgan fingerprint density at radius 2 is 1.81 bits per heavy atom. The van der Waals surface area contributed by atoms with E-state index in [1.807, 2.05) is 30.3 Å². The summed E-state index contributed by atoms with van der Waals surface area (Å²) in [6.07, 6.45) is 1.67. The predicted octanol–water partition coefficient (Wildman–Crippen LogP) is 1.97. The molecule has 0 fully saturated rings. The molecule has 0 unspecified atom stereocenters. The smallest absolute Gasteiger partial charge is 0.255 e. The van der Waals surface area contributed by atoms with Gasteiger partial charge in [0.05, 0.1) is 6.61 Å². The number of pyridine rings is 1. The lowest BCUT2D eigenvalue weighted by atomic mass is 10.2. The van der Waals surface area contributed by atoms with Crippen molar-refractivity contribution in [1.82, 2.24) is 4.57 Å². The van der Waals surface area contributed by atoms with Crippen LogP contribution in [0.15, 0.2) is 53.5 Å². The van der Waals surface area contributed by atoms with Crippen LogP contribution in [-0.2, 0) is 6.61 Å². The zero-order chi connectivity index (χ0) is 10.7. The highest BCUT2D eigenvalue weighted by molar-refractivity contribution is 5.32. The first kappa shape index (κ1) is 12.2. The molecule has 1 aromatic carbocycles. The average Bonchev–Trinajstić information content (AvgIpc) is 2.30. The van der Waals surface area contributed by atoms with Crippen LogP contribution in [0.4, 0.5) is 0 Å². The summed E-state index contributed by atoms with van der Waals surface area (Å²) in [7, 11) is 0. The molecule has 0 amide bonds. The number of hydrogen-bond donors (Lipinski definition) is 1.